The van der Waals surface area contributed by atoms with E-state index in [1.807, 2.05) is 25.5 Å². The standard InChI is InChI=1S/C17H24BN3O2/c1-16(2)17(3,4)23-18(22-16)13(11-19-5)8-12-9-15-14(21-10-12)6-7-20-15/h6-10,19-20H,11H2,1-5H3. The second-order valence-corrected chi connectivity index (χ2v) is 7.02. The van der Waals surface area contributed by atoms with Crippen molar-refractivity contribution in [2.45, 2.75) is 38.9 Å². The van der Waals surface area contributed by atoms with Gasteiger partial charge < -0.3 is 19.6 Å². The Hall–Kier alpha value is -1.63. The average Bonchev–Trinajstić information content (AvgIpc) is 3.00. The van der Waals surface area contributed by atoms with Crippen LogP contribution in [0.2, 0.25) is 0 Å². The number of rotatable bonds is 4. The summed E-state index contributed by atoms with van der Waals surface area (Å²) in [5, 5.41) is 3.20. The van der Waals surface area contributed by atoms with Gasteiger partial charge in [-0.05, 0) is 57.9 Å². The Morgan fingerprint density at radius 1 is 1.30 bits per heavy atom. The molecule has 2 aromatic rings. The third-order valence-electron chi connectivity index (χ3n) is 4.71. The zero-order valence-corrected chi connectivity index (χ0v) is 14.4. The number of hydrogen-bond donors (Lipinski definition) is 2. The van der Waals surface area contributed by atoms with E-state index >= 15 is 0 Å². The highest BCUT2D eigenvalue weighted by atomic mass is 16.7. The SMILES string of the molecule is CNCC(=Cc1cnc2cc[nH]c2c1)B1OC(C)(C)C(C)(C)O1. The minimum absolute atomic E-state index is 0.341. The number of nitrogens with one attached hydrogen (secondary N) is 2. The van der Waals surface area contributed by atoms with Gasteiger partial charge in [-0.2, -0.15) is 0 Å². The molecule has 3 heterocycles. The number of H-pyrrole nitrogens is 1. The first-order valence-electron chi connectivity index (χ1n) is 7.96. The summed E-state index contributed by atoms with van der Waals surface area (Å²) in [4.78, 5) is 7.65. The molecule has 3 rings (SSSR count). The molecule has 0 aromatic carbocycles. The maximum absolute atomic E-state index is 6.16. The van der Waals surface area contributed by atoms with Gasteiger partial charge in [0.15, 0.2) is 0 Å². The molecule has 0 aliphatic carbocycles. The topological polar surface area (TPSA) is 59.2 Å². The van der Waals surface area contributed by atoms with E-state index in [9.17, 15) is 0 Å². The van der Waals surface area contributed by atoms with Crippen molar-refractivity contribution in [2.24, 2.45) is 0 Å². The van der Waals surface area contributed by atoms with Gasteiger partial charge in [-0.3, -0.25) is 4.98 Å². The Morgan fingerprint density at radius 2 is 2.00 bits per heavy atom. The van der Waals surface area contributed by atoms with Crippen molar-refractivity contribution in [3.63, 3.8) is 0 Å². The molecule has 2 N–H and O–H groups in total. The molecule has 1 aliphatic heterocycles. The molecule has 0 spiro atoms. The second kappa shape index (κ2) is 5.78. The fourth-order valence-corrected chi connectivity index (χ4v) is 2.64. The Morgan fingerprint density at radius 3 is 2.65 bits per heavy atom. The van der Waals surface area contributed by atoms with E-state index < -0.39 is 0 Å². The van der Waals surface area contributed by atoms with Gasteiger partial charge in [-0.15, -0.1) is 0 Å². The third-order valence-corrected chi connectivity index (χ3v) is 4.71. The molecular formula is C17H24BN3O2. The first-order chi connectivity index (χ1) is 10.8. The van der Waals surface area contributed by atoms with Crippen LogP contribution in [0.25, 0.3) is 17.1 Å². The summed E-state index contributed by atoms with van der Waals surface area (Å²) >= 11 is 0. The van der Waals surface area contributed by atoms with E-state index in [1.165, 1.54) is 0 Å². The largest absolute Gasteiger partial charge is 0.491 e. The van der Waals surface area contributed by atoms with Crippen LogP contribution in [0.5, 0.6) is 0 Å². The van der Waals surface area contributed by atoms with Crippen molar-refractivity contribution >= 4 is 24.2 Å². The van der Waals surface area contributed by atoms with E-state index in [1.54, 1.807) is 0 Å². The molecule has 0 atom stereocenters. The van der Waals surface area contributed by atoms with Crippen molar-refractivity contribution in [3.05, 3.63) is 35.6 Å². The summed E-state index contributed by atoms with van der Waals surface area (Å²) in [6.07, 6.45) is 5.86. The summed E-state index contributed by atoms with van der Waals surface area (Å²) in [6, 6.07) is 4.05. The van der Waals surface area contributed by atoms with Crippen LogP contribution >= 0.6 is 0 Å². The van der Waals surface area contributed by atoms with E-state index in [0.717, 1.165) is 22.1 Å². The van der Waals surface area contributed by atoms with Crippen LogP contribution in [0, 0.1) is 0 Å². The van der Waals surface area contributed by atoms with Crippen molar-refractivity contribution in [2.75, 3.05) is 13.6 Å². The molecule has 0 amide bonds. The van der Waals surface area contributed by atoms with Gasteiger partial charge in [0.2, 0.25) is 0 Å². The van der Waals surface area contributed by atoms with Crippen molar-refractivity contribution in [3.8, 4) is 0 Å². The second-order valence-electron chi connectivity index (χ2n) is 7.02. The van der Waals surface area contributed by atoms with Crippen LogP contribution in [0.4, 0.5) is 0 Å². The normalized spacial score (nSPS) is 20.4. The third kappa shape index (κ3) is 3.07. The van der Waals surface area contributed by atoms with Crippen molar-refractivity contribution in [1.82, 2.24) is 15.3 Å². The maximum atomic E-state index is 6.16. The monoisotopic (exact) mass is 313 g/mol. The molecule has 2 aromatic heterocycles. The summed E-state index contributed by atoms with van der Waals surface area (Å²) in [5.41, 5.74) is 3.39. The van der Waals surface area contributed by atoms with Gasteiger partial charge >= 0.3 is 7.12 Å². The zero-order valence-electron chi connectivity index (χ0n) is 14.4. The Labute approximate surface area is 137 Å². The molecule has 23 heavy (non-hydrogen) atoms. The van der Waals surface area contributed by atoms with Gasteiger partial charge in [-0.25, -0.2) is 0 Å². The molecule has 0 unspecified atom stereocenters. The lowest BCUT2D eigenvalue weighted by molar-refractivity contribution is 0.00578. The number of likely N-dealkylation sites (N-methyl/N-ethyl adjacent to an activating group) is 1. The first-order valence-corrected chi connectivity index (χ1v) is 7.96. The lowest BCUT2D eigenvalue weighted by Crippen LogP contribution is -2.41. The number of pyridine rings is 1. The number of hydrogen-bond acceptors (Lipinski definition) is 4. The minimum atomic E-state index is -0.355. The van der Waals surface area contributed by atoms with Gasteiger partial charge in [0.05, 0.1) is 22.2 Å². The Bertz CT molecular complexity index is 720. The molecule has 0 bridgehead atoms. The van der Waals surface area contributed by atoms with Gasteiger partial charge in [0.25, 0.3) is 0 Å². The summed E-state index contributed by atoms with van der Waals surface area (Å²) in [6.45, 7) is 8.96. The zero-order chi connectivity index (χ0) is 16.7. The predicted octanol–water partition coefficient (Wildman–Crippen LogP) is 2.80. The molecule has 0 saturated carbocycles. The van der Waals surface area contributed by atoms with Gasteiger partial charge in [0, 0.05) is 18.9 Å². The molecule has 1 fully saturated rings. The average molecular weight is 313 g/mol. The summed E-state index contributed by atoms with van der Waals surface area (Å²) in [5.74, 6) is 0. The molecule has 6 heteroatoms. The fourth-order valence-electron chi connectivity index (χ4n) is 2.64. The lowest BCUT2D eigenvalue weighted by Gasteiger charge is -2.32. The minimum Gasteiger partial charge on any atom is -0.400 e. The van der Waals surface area contributed by atoms with Crippen LogP contribution in [0.1, 0.15) is 33.3 Å². The number of aromatic amines is 1. The fraction of sp³-hybridized carbons (Fsp3) is 0.471. The van der Waals surface area contributed by atoms with Crippen LogP contribution in [-0.4, -0.2) is 41.9 Å². The molecular weight excluding hydrogens is 289 g/mol. The van der Waals surface area contributed by atoms with E-state index in [-0.39, 0.29) is 18.3 Å². The Kier molecular flexibility index (Phi) is 4.08. The Balaban J connectivity index is 1.92. The molecule has 5 nitrogen and oxygen atoms in total. The number of aromatic nitrogens is 2. The highest BCUT2D eigenvalue weighted by Gasteiger charge is 2.52. The van der Waals surface area contributed by atoms with Crippen molar-refractivity contribution in [1.29, 1.82) is 0 Å². The predicted molar refractivity (Wildman–Crippen MR) is 94.1 cm³/mol. The first kappa shape index (κ1) is 16.2. The van der Waals surface area contributed by atoms with Crippen LogP contribution in [-0.2, 0) is 9.31 Å². The van der Waals surface area contributed by atoms with Gasteiger partial charge in [-0.1, -0.05) is 6.08 Å². The van der Waals surface area contributed by atoms with E-state index in [2.05, 4.69) is 55.1 Å². The molecule has 1 saturated heterocycles. The molecule has 122 valence electrons. The van der Waals surface area contributed by atoms with Crippen LogP contribution < -0.4 is 5.32 Å². The smallest absolute Gasteiger partial charge is 0.400 e. The molecule has 0 radical (unpaired) electrons. The summed E-state index contributed by atoms with van der Waals surface area (Å²) < 4.78 is 12.3. The quantitative estimate of drug-likeness (QED) is 0.852. The maximum Gasteiger partial charge on any atom is 0.491 e. The highest BCUT2D eigenvalue weighted by molar-refractivity contribution is 6.55. The number of nitrogens with zero attached hydrogens (tertiary/aromatic N) is 1. The van der Waals surface area contributed by atoms with Gasteiger partial charge in [0.1, 0.15) is 0 Å². The summed E-state index contributed by atoms with van der Waals surface area (Å²) in [7, 11) is 1.57. The highest BCUT2D eigenvalue weighted by Crippen LogP contribution is 2.38. The molecule has 1 aliphatic rings. The van der Waals surface area contributed by atoms with E-state index in [4.69, 9.17) is 9.31 Å². The van der Waals surface area contributed by atoms with Crippen LogP contribution in [0.15, 0.2) is 30.0 Å². The van der Waals surface area contributed by atoms with E-state index in [0.29, 0.717) is 6.54 Å². The lowest BCUT2D eigenvalue weighted by atomic mass is 9.77. The number of fused-ring (bicyclic) bond motifs is 1. The van der Waals surface area contributed by atoms with Crippen molar-refractivity contribution < 1.29 is 9.31 Å². The van der Waals surface area contributed by atoms with Crippen LogP contribution in [0.3, 0.4) is 0 Å².